The van der Waals surface area contributed by atoms with Crippen molar-refractivity contribution in [3.05, 3.63) is 78.0 Å². The average molecular weight is 366 g/mol. The van der Waals surface area contributed by atoms with Gasteiger partial charge in [0.15, 0.2) is 17.4 Å². The van der Waals surface area contributed by atoms with Crippen LogP contribution in [-0.4, -0.2) is 16.9 Å². The number of hydrogen-bond acceptors (Lipinski definition) is 4. The third kappa shape index (κ3) is 2.79. The van der Waals surface area contributed by atoms with Gasteiger partial charge in [-0.1, -0.05) is 36.4 Å². The van der Waals surface area contributed by atoms with Gasteiger partial charge in [-0.15, -0.1) is 0 Å². The number of phenolic OH excluding ortho intramolecular Hbond substituents is 1. The number of fused-ring (bicyclic) bond motifs is 1. The molecular formula is C20H12F2N2O3. The number of hydrogen-bond donors (Lipinski definition) is 2. The number of phenols is 1. The quantitative estimate of drug-likeness (QED) is 0.548. The Labute approximate surface area is 152 Å². The molecule has 2 amide bonds. The number of carbonyl (C=O) groups excluding carboxylic acids is 2. The molecule has 2 N–H and O–H groups in total. The van der Waals surface area contributed by atoms with Crippen LogP contribution in [0.5, 0.6) is 5.75 Å². The van der Waals surface area contributed by atoms with Gasteiger partial charge in [-0.25, -0.2) is 13.7 Å². The van der Waals surface area contributed by atoms with E-state index >= 15 is 0 Å². The van der Waals surface area contributed by atoms with Gasteiger partial charge in [0.05, 0.1) is 5.69 Å². The number of benzene rings is 3. The predicted octanol–water partition coefficient (Wildman–Crippen LogP) is 3.69. The van der Waals surface area contributed by atoms with Crippen molar-refractivity contribution >= 4 is 34.0 Å². The van der Waals surface area contributed by atoms with Crippen LogP contribution in [0.3, 0.4) is 0 Å². The van der Waals surface area contributed by atoms with Crippen LogP contribution >= 0.6 is 0 Å². The lowest BCUT2D eigenvalue weighted by atomic mass is 10.1. The van der Waals surface area contributed by atoms with Crippen LogP contribution in [-0.2, 0) is 9.59 Å². The molecule has 0 saturated carbocycles. The van der Waals surface area contributed by atoms with Crippen LogP contribution in [0.15, 0.2) is 66.4 Å². The first-order chi connectivity index (χ1) is 13.0. The standard InChI is InChI=1S/C20H12F2N2O3/c21-14-8-12(9-15(22)19(14)26)23-16-10-18(25)24(20(16)27)17-7-3-5-11-4-1-2-6-13(11)17/h1-10,23,26H. The fourth-order valence-electron chi connectivity index (χ4n) is 2.98. The van der Waals surface area contributed by atoms with Crippen LogP contribution in [0, 0.1) is 11.6 Å². The van der Waals surface area contributed by atoms with Gasteiger partial charge in [0.25, 0.3) is 11.8 Å². The SMILES string of the molecule is O=C1C=C(Nc2cc(F)c(O)c(F)c2)C(=O)N1c1cccc2ccccc12. The molecule has 0 unspecified atom stereocenters. The van der Waals surface area contributed by atoms with Crippen LogP contribution < -0.4 is 10.2 Å². The number of aromatic hydroxyl groups is 1. The lowest BCUT2D eigenvalue weighted by molar-refractivity contribution is -0.120. The van der Waals surface area contributed by atoms with Crippen molar-refractivity contribution in [1.29, 1.82) is 0 Å². The summed E-state index contributed by atoms with van der Waals surface area (Å²) in [5, 5.41) is 13.3. The molecular weight excluding hydrogens is 354 g/mol. The van der Waals surface area contributed by atoms with Crippen molar-refractivity contribution in [3.8, 4) is 5.75 Å². The minimum atomic E-state index is -1.18. The van der Waals surface area contributed by atoms with Crippen molar-refractivity contribution in [1.82, 2.24) is 0 Å². The maximum absolute atomic E-state index is 13.5. The Bertz CT molecular complexity index is 1110. The molecule has 0 saturated heterocycles. The summed E-state index contributed by atoms with van der Waals surface area (Å²) in [6, 6.07) is 14.2. The second kappa shape index (κ2) is 6.21. The van der Waals surface area contributed by atoms with E-state index in [1.165, 1.54) is 0 Å². The fraction of sp³-hybridized carbons (Fsp3) is 0. The Morgan fingerprint density at radius 1 is 0.926 bits per heavy atom. The Kier molecular flexibility index (Phi) is 3.84. The number of carbonyl (C=O) groups is 2. The van der Waals surface area contributed by atoms with Gasteiger partial charge < -0.3 is 10.4 Å². The van der Waals surface area contributed by atoms with Crippen molar-refractivity contribution in [2.75, 3.05) is 10.2 Å². The van der Waals surface area contributed by atoms with E-state index in [-0.39, 0.29) is 11.4 Å². The van der Waals surface area contributed by atoms with Crippen molar-refractivity contribution in [2.45, 2.75) is 0 Å². The molecule has 1 aliphatic rings. The molecule has 3 aromatic rings. The van der Waals surface area contributed by atoms with E-state index in [9.17, 15) is 18.4 Å². The molecule has 1 heterocycles. The second-order valence-electron chi connectivity index (χ2n) is 5.95. The summed E-state index contributed by atoms with van der Waals surface area (Å²) in [6.07, 6.45) is 1.06. The third-order valence-corrected chi connectivity index (χ3v) is 4.23. The maximum atomic E-state index is 13.5. The van der Waals surface area contributed by atoms with Crippen LogP contribution in [0.1, 0.15) is 0 Å². The molecule has 0 aliphatic carbocycles. The van der Waals surface area contributed by atoms with Gasteiger partial charge in [-0.2, -0.15) is 0 Å². The number of nitrogens with one attached hydrogen (secondary N) is 1. The van der Waals surface area contributed by atoms with E-state index in [0.29, 0.717) is 5.69 Å². The topological polar surface area (TPSA) is 69.6 Å². The fourth-order valence-corrected chi connectivity index (χ4v) is 2.98. The molecule has 0 radical (unpaired) electrons. The predicted molar refractivity (Wildman–Crippen MR) is 96.2 cm³/mol. The van der Waals surface area contributed by atoms with E-state index in [1.807, 2.05) is 18.2 Å². The van der Waals surface area contributed by atoms with Gasteiger partial charge in [-0.3, -0.25) is 9.59 Å². The lowest BCUT2D eigenvalue weighted by Gasteiger charge is -2.17. The van der Waals surface area contributed by atoms with Gasteiger partial charge in [-0.05, 0) is 11.5 Å². The van der Waals surface area contributed by atoms with Gasteiger partial charge >= 0.3 is 0 Å². The zero-order valence-corrected chi connectivity index (χ0v) is 13.7. The lowest BCUT2D eigenvalue weighted by Crippen LogP contribution is -2.32. The molecule has 1 aliphatic heterocycles. The molecule has 0 fully saturated rings. The largest absolute Gasteiger partial charge is 0.503 e. The summed E-state index contributed by atoms with van der Waals surface area (Å²) in [5.41, 5.74) is 0.187. The van der Waals surface area contributed by atoms with Crippen LogP contribution in [0.2, 0.25) is 0 Å². The highest BCUT2D eigenvalue weighted by molar-refractivity contribution is 6.33. The molecule has 134 valence electrons. The van der Waals surface area contributed by atoms with E-state index in [2.05, 4.69) is 5.32 Å². The van der Waals surface area contributed by atoms with Crippen LogP contribution in [0.25, 0.3) is 10.8 Å². The molecule has 3 aromatic carbocycles. The van der Waals surface area contributed by atoms with Gasteiger partial charge in [0, 0.05) is 29.3 Å². The van der Waals surface area contributed by atoms with E-state index in [1.54, 1.807) is 24.3 Å². The molecule has 0 bridgehead atoms. The normalized spacial score (nSPS) is 14.0. The Hall–Kier alpha value is -3.74. The molecule has 0 spiro atoms. The molecule has 27 heavy (non-hydrogen) atoms. The van der Waals surface area contributed by atoms with E-state index in [0.717, 1.165) is 33.9 Å². The molecule has 7 heteroatoms. The highest BCUT2D eigenvalue weighted by atomic mass is 19.1. The Morgan fingerprint density at radius 2 is 1.59 bits per heavy atom. The number of nitrogens with zero attached hydrogens (tertiary/aromatic N) is 1. The monoisotopic (exact) mass is 366 g/mol. The summed E-state index contributed by atoms with van der Waals surface area (Å²) >= 11 is 0. The first kappa shape index (κ1) is 16.7. The highest BCUT2D eigenvalue weighted by Gasteiger charge is 2.33. The Morgan fingerprint density at radius 3 is 2.33 bits per heavy atom. The maximum Gasteiger partial charge on any atom is 0.281 e. The number of halogens is 2. The average Bonchev–Trinajstić information content (AvgIpc) is 2.92. The van der Waals surface area contributed by atoms with Crippen molar-refractivity contribution in [3.63, 3.8) is 0 Å². The number of anilines is 2. The first-order valence-corrected chi connectivity index (χ1v) is 7.98. The summed E-state index contributed by atoms with van der Waals surface area (Å²) in [4.78, 5) is 26.2. The minimum Gasteiger partial charge on any atom is -0.503 e. The first-order valence-electron chi connectivity index (χ1n) is 7.98. The summed E-state index contributed by atoms with van der Waals surface area (Å²) in [6.45, 7) is 0. The zero-order valence-electron chi connectivity index (χ0n) is 13.7. The van der Waals surface area contributed by atoms with Gasteiger partial charge in [0.1, 0.15) is 5.70 Å². The summed E-state index contributed by atoms with van der Waals surface area (Å²) in [7, 11) is 0. The third-order valence-electron chi connectivity index (χ3n) is 4.23. The molecule has 4 rings (SSSR count). The van der Waals surface area contributed by atoms with E-state index < -0.39 is 29.2 Å². The molecule has 0 atom stereocenters. The molecule has 0 aromatic heterocycles. The van der Waals surface area contributed by atoms with Crippen molar-refractivity contribution < 1.29 is 23.5 Å². The van der Waals surface area contributed by atoms with Crippen LogP contribution in [0.4, 0.5) is 20.2 Å². The number of rotatable bonds is 3. The highest BCUT2D eigenvalue weighted by Crippen LogP contribution is 2.31. The smallest absolute Gasteiger partial charge is 0.281 e. The summed E-state index contributed by atoms with van der Waals surface area (Å²) in [5.74, 6) is -4.69. The van der Waals surface area contributed by atoms with E-state index in [4.69, 9.17) is 5.11 Å². The second-order valence-corrected chi connectivity index (χ2v) is 5.95. The Balaban J connectivity index is 1.68. The van der Waals surface area contributed by atoms with Crippen molar-refractivity contribution in [2.24, 2.45) is 0 Å². The number of imide groups is 1. The zero-order chi connectivity index (χ0) is 19.1. The summed E-state index contributed by atoms with van der Waals surface area (Å²) < 4.78 is 27.0. The number of amides is 2. The van der Waals surface area contributed by atoms with Gasteiger partial charge in [0.2, 0.25) is 0 Å². The minimum absolute atomic E-state index is 0.102. The molecule has 5 nitrogen and oxygen atoms in total.